The summed E-state index contributed by atoms with van der Waals surface area (Å²) in [6.07, 6.45) is 10.9. The molecule has 2 saturated heterocycles. The molecule has 2 amide bonds. The van der Waals surface area contributed by atoms with E-state index in [4.69, 9.17) is 26.7 Å². The molecule has 0 bridgehead atoms. The second-order valence-corrected chi connectivity index (χ2v) is 14.7. The summed E-state index contributed by atoms with van der Waals surface area (Å²) in [6, 6.07) is 5.57. The van der Waals surface area contributed by atoms with Crippen molar-refractivity contribution in [3.8, 4) is 11.3 Å². The van der Waals surface area contributed by atoms with E-state index in [9.17, 15) is 9.59 Å². The number of carbonyl (C=O) groups excluding carboxylic acids is 2. The van der Waals surface area contributed by atoms with E-state index in [1.54, 1.807) is 41.2 Å². The lowest BCUT2D eigenvalue weighted by molar-refractivity contribution is -0.127. The van der Waals surface area contributed by atoms with Crippen molar-refractivity contribution >= 4 is 70.4 Å². The van der Waals surface area contributed by atoms with Gasteiger partial charge >= 0.3 is 0 Å². The molecular formula is C40H47N19O3. The van der Waals surface area contributed by atoms with Crippen molar-refractivity contribution < 1.29 is 14.0 Å². The number of aliphatic imine (C=N–C) groups is 2. The van der Waals surface area contributed by atoms with Gasteiger partial charge in [0, 0.05) is 120 Å². The molecule has 2 aliphatic heterocycles. The molecule has 0 aliphatic carbocycles. The second-order valence-electron chi connectivity index (χ2n) is 14.7. The molecule has 320 valence electrons. The summed E-state index contributed by atoms with van der Waals surface area (Å²) in [5.74, 6) is 1.55. The van der Waals surface area contributed by atoms with Crippen molar-refractivity contribution in [2.75, 3.05) is 80.2 Å². The molecule has 7 heterocycles. The largest absolute Gasteiger partial charge is 0.424 e. The van der Waals surface area contributed by atoms with Gasteiger partial charge in [0.15, 0.2) is 11.2 Å². The molecule has 62 heavy (non-hydrogen) atoms. The number of aromatic nitrogens is 9. The van der Waals surface area contributed by atoms with Gasteiger partial charge in [0.1, 0.15) is 23.4 Å². The number of nitrogens with two attached hydrogens (primary N) is 3. The van der Waals surface area contributed by atoms with E-state index in [2.05, 4.69) is 61.8 Å². The van der Waals surface area contributed by atoms with Gasteiger partial charge in [0.2, 0.25) is 17.9 Å². The number of hydrogen-bond acceptors (Lipinski definition) is 17. The lowest BCUT2D eigenvalue weighted by Crippen LogP contribution is -2.49. The van der Waals surface area contributed by atoms with Crippen LogP contribution in [0.15, 0.2) is 75.5 Å². The van der Waals surface area contributed by atoms with Crippen molar-refractivity contribution in [1.82, 2.24) is 59.8 Å². The van der Waals surface area contributed by atoms with Crippen LogP contribution in [0.2, 0.25) is 0 Å². The van der Waals surface area contributed by atoms with Gasteiger partial charge in [-0.3, -0.25) is 9.59 Å². The highest BCUT2D eigenvalue weighted by atomic mass is 16.4. The van der Waals surface area contributed by atoms with Crippen LogP contribution in [-0.2, 0) is 17.9 Å². The molecule has 0 unspecified atom stereocenters. The maximum absolute atomic E-state index is 13.3. The van der Waals surface area contributed by atoms with Crippen molar-refractivity contribution in [2.24, 2.45) is 15.7 Å². The summed E-state index contributed by atoms with van der Waals surface area (Å²) in [4.78, 5) is 73.4. The molecule has 0 radical (unpaired) electrons. The Morgan fingerprint density at radius 2 is 1.56 bits per heavy atom. The first kappa shape index (κ1) is 41.1. The Hall–Kier alpha value is -7.62. The van der Waals surface area contributed by atoms with Gasteiger partial charge in [-0.05, 0) is 44.7 Å². The van der Waals surface area contributed by atoms with Crippen LogP contribution in [0.5, 0.6) is 0 Å². The standard InChI is InChI=1S/C40H47N19O3/c1-25(19-46-38(44-2)56-13-15-58(16-14-56)39-47-20-26(18-41)21-48-39)36(61)55-9-11-57(12-10-55)40-49-22-28(23-50-40)35(60)45-7-3-4-8-59-34-31(33(42)51-24-52-34)32(54-59)27-5-6-30-29(17-27)53-37(43)62-30/h5-6,17,19-24H,2-4,7-16,18,41H2,1H3,(H2,43,53)(H,45,60)(H2,42,51,52)/b25-19+,46-38+. The van der Waals surface area contributed by atoms with E-state index in [0.29, 0.717) is 147 Å². The molecule has 8 rings (SSSR count). The average molecular weight is 842 g/mol. The number of guanidine groups is 1. The first-order valence-corrected chi connectivity index (χ1v) is 20.2. The molecule has 6 aromatic rings. The van der Waals surface area contributed by atoms with Gasteiger partial charge in [-0.2, -0.15) is 10.1 Å². The third-order valence-electron chi connectivity index (χ3n) is 10.7. The van der Waals surface area contributed by atoms with E-state index in [0.717, 1.165) is 11.1 Å². The summed E-state index contributed by atoms with van der Waals surface area (Å²) < 4.78 is 7.20. The number of piperazine rings is 2. The number of fused-ring (bicyclic) bond motifs is 2. The number of nitrogen functional groups attached to an aromatic ring is 2. The predicted octanol–water partition coefficient (Wildman–Crippen LogP) is 1.48. The zero-order valence-electron chi connectivity index (χ0n) is 34.3. The summed E-state index contributed by atoms with van der Waals surface area (Å²) >= 11 is 0. The van der Waals surface area contributed by atoms with Gasteiger partial charge in [0.25, 0.3) is 17.8 Å². The monoisotopic (exact) mass is 841 g/mol. The number of nitrogens with one attached hydrogen (secondary N) is 1. The number of hydrogen-bond donors (Lipinski definition) is 4. The zero-order chi connectivity index (χ0) is 43.2. The van der Waals surface area contributed by atoms with Gasteiger partial charge in [-0.15, -0.1) is 0 Å². The van der Waals surface area contributed by atoms with Crippen LogP contribution in [0.4, 0.5) is 23.7 Å². The number of carbonyl (C=O) groups is 2. The summed E-state index contributed by atoms with van der Waals surface area (Å²) in [7, 11) is 0. The molecule has 5 aromatic heterocycles. The average Bonchev–Trinajstić information content (AvgIpc) is 3.88. The van der Waals surface area contributed by atoms with Gasteiger partial charge in [-0.1, -0.05) is 0 Å². The molecule has 1 aromatic carbocycles. The third-order valence-corrected chi connectivity index (χ3v) is 10.7. The Labute approximate surface area is 355 Å². The third kappa shape index (κ3) is 8.94. The first-order chi connectivity index (χ1) is 30.2. The fourth-order valence-corrected chi connectivity index (χ4v) is 7.29. The molecule has 22 heteroatoms. The van der Waals surface area contributed by atoms with E-state index >= 15 is 0 Å². The number of nitrogens with zero attached hydrogens (tertiary/aromatic N) is 15. The summed E-state index contributed by atoms with van der Waals surface area (Å²) in [5, 5.41) is 8.41. The number of oxazole rings is 1. The zero-order valence-corrected chi connectivity index (χ0v) is 34.3. The highest BCUT2D eigenvalue weighted by Crippen LogP contribution is 2.32. The number of rotatable bonds is 12. The van der Waals surface area contributed by atoms with Crippen LogP contribution < -0.4 is 32.3 Å². The van der Waals surface area contributed by atoms with Crippen LogP contribution in [0.25, 0.3) is 33.4 Å². The number of unbranched alkanes of at least 4 members (excludes halogenated alkanes) is 1. The molecule has 2 fully saturated rings. The van der Waals surface area contributed by atoms with Gasteiger partial charge in [-0.25, -0.2) is 44.6 Å². The Balaban J connectivity index is 0.777. The molecule has 2 aliphatic rings. The maximum Gasteiger partial charge on any atom is 0.292 e. The number of benzene rings is 1. The Kier molecular flexibility index (Phi) is 12.2. The molecule has 0 atom stereocenters. The smallest absolute Gasteiger partial charge is 0.292 e. The minimum absolute atomic E-state index is 0.0848. The topological polar surface area (TPSA) is 283 Å². The number of anilines is 4. The Morgan fingerprint density at radius 1 is 0.887 bits per heavy atom. The lowest BCUT2D eigenvalue weighted by atomic mass is 10.1. The normalized spacial score (nSPS) is 15.1. The highest BCUT2D eigenvalue weighted by molar-refractivity contribution is 5.99. The highest BCUT2D eigenvalue weighted by Gasteiger charge is 2.25. The molecule has 7 N–H and O–H groups in total. The molecular weight excluding hydrogens is 795 g/mol. The minimum Gasteiger partial charge on any atom is -0.424 e. The van der Waals surface area contributed by atoms with Crippen molar-refractivity contribution in [3.05, 3.63) is 72.2 Å². The second kappa shape index (κ2) is 18.3. The SMILES string of the molecule is C=N/C(=N\C=C(/C)C(=O)N1CCN(c2ncc(C(=O)NCCCCn3nc(-c4ccc5oc(N)nc5c4)c4c(N)ncnc43)cn2)CC1)N1CCN(c2ncc(CN)cn2)CC1. The van der Waals surface area contributed by atoms with Gasteiger partial charge < -0.3 is 46.5 Å². The summed E-state index contributed by atoms with van der Waals surface area (Å²) in [6.45, 7) is 11.5. The Morgan fingerprint density at radius 3 is 2.24 bits per heavy atom. The van der Waals surface area contributed by atoms with Crippen LogP contribution in [0.3, 0.4) is 0 Å². The number of amides is 2. The minimum atomic E-state index is -0.270. The summed E-state index contributed by atoms with van der Waals surface area (Å²) in [5.41, 5.74) is 22.6. The quantitative estimate of drug-likeness (QED) is 0.0587. The van der Waals surface area contributed by atoms with E-state index in [1.165, 1.54) is 18.7 Å². The first-order valence-electron chi connectivity index (χ1n) is 20.2. The van der Waals surface area contributed by atoms with Crippen LogP contribution in [0.1, 0.15) is 35.7 Å². The number of aryl methyl sites for hydroxylation is 1. The lowest BCUT2D eigenvalue weighted by Gasteiger charge is -2.35. The fourth-order valence-electron chi connectivity index (χ4n) is 7.29. The van der Waals surface area contributed by atoms with E-state index < -0.39 is 0 Å². The van der Waals surface area contributed by atoms with Crippen LogP contribution in [-0.4, -0.2) is 138 Å². The van der Waals surface area contributed by atoms with Crippen molar-refractivity contribution in [1.29, 1.82) is 0 Å². The fraction of sp³-hybridized carbons (Fsp3) is 0.350. The molecule has 22 nitrogen and oxygen atoms in total. The van der Waals surface area contributed by atoms with Crippen molar-refractivity contribution in [2.45, 2.75) is 32.9 Å². The van der Waals surface area contributed by atoms with E-state index in [-0.39, 0.29) is 17.8 Å². The molecule has 0 saturated carbocycles. The van der Waals surface area contributed by atoms with Crippen molar-refractivity contribution in [3.63, 3.8) is 0 Å². The maximum atomic E-state index is 13.3. The Bertz CT molecular complexity index is 2620. The van der Waals surface area contributed by atoms with Crippen LogP contribution >= 0.6 is 0 Å². The van der Waals surface area contributed by atoms with E-state index in [1.807, 2.05) is 21.9 Å². The predicted molar refractivity (Wildman–Crippen MR) is 234 cm³/mol. The molecule has 0 spiro atoms. The van der Waals surface area contributed by atoms with Gasteiger partial charge in [0.05, 0.1) is 10.9 Å². The van der Waals surface area contributed by atoms with Crippen LogP contribution in [0, 0.1) is 0 Å².